The number of rotatable bonds is 6. The van der Waals surface area contributed by atoms with Gasteiger partial charge in [-0.25, -0.2) is 0 Å². The SMILES string of the molecule is CC[C@@H](/C=C/[C@@](C)(O)CC(=O)O)C(C)C. The van der Waals surface area contributed by atoms with E-state index in [2.05, 4.69) is 20.8 Å². The van der Waals surface area contributed by atoms with E-state index in [-0.39, 0.29) is 6.42 Å². The summed E-state index contributed by atoms with van der Waals surface area (Å²) >= 11 is 0. The fourth-order valence-electron chi connectivity index (χ4n) is 1.53. The van der Waals surface area contributed by atoms with E-state index >= 15 is 0 Å². The fourth-order valence-corrected chi connectivity index (χ4v) is 1.53. The second-order valence-corrected chi connectivity index (χ2v) is 4.60. The molecule has 0 saturated carbocycles. The van der Waals surface area contributed by atoms with Gasteiger partial charge in [-0.2, -0.15) is 0 Å². The van der Waals surface area contributed by atoms with Crippen molar-refractivity contribution in [2.75, 3.05) is 0 Å². The van der Waals surface area contributed by atoms with E-state index in [0.717, 1.165) is 6.42 Å². The lowest BCUT2D eigenvalue weighted by atomic mass is 9.90. The van der Waals surface area contributed by atoms with Gasteiger partial charge < -0.3 is 10.2 Å². The van der Waals surface area contributed by atoms with Crippen LogP contribution in [0.5, 0.6) is 0 Å². The van der Waals surface area contributed by atoms with Gasteiger partial charge in [0.15, 0.2) is 0 Å². The maximum Gasteiger partial charge on any atom is 0.306 e. The van der Waals surface area contributed by atoms with Gasteiger partial charge in [-0.05, 0) is 25.2 Å². The summed E-state index contributed by atoms with van der Waals surface area (Å²) in [7, 11) is 0. The number of aliphatic carboxylic acids is 1. The summed E-state index contributed by atoms with van der Waals surface area (Å²) in [4.78, 5) is 10.5. The van der Waals surface area contributed by atoms with E-state index in [1.807, 2.05) is 6.08 Å². The molecule has 0 unspecified atom stereocenters. The molecule has 0 aromatic carbocycles. The lowest BCUT2D eigenvalue weighted by molar-refractivity contribution is -0.140. The highest BCUT2D eigenvalue weighted by atomic mass is 16.4. The Balaban J connectivity index is 4.41. The van der Waals surface area contributed by atoms with E-state index in [1.165, 1.54) is 6.92 Å². The van der Waals surface area contributed by atoms with Crippen LogP contribution in [0.1, 0.15) is 40.5 Å². The third kappa shape index (κ3) is 6.28. The number of hydrogen-bond donors (Lipinski definition) is 2. The molecule has 88 valence electrons. The van der Waals surface area contributed by atoms with Gasteiger partial charge in [0.1, 0.15) is 0 Å². The van der Waals surface area contributed by atoms with E-state index in [0.29, 0.717) is 11.8 Å². The third-order valence-electron chi connectivity index (χ3n) is 2.54. The van der Waals surface area contributed by atoms with Crippen molar-refractivity contribution in [2.45, 2.75) is 46.1 Å². The highest BCUT2D eigenvalue weighted by Crippen LogP contribution is 2.19. The molecule has 0 aliphatic carbocycles. The molecule has 0 aliphatic rings. The average molecular weight is 214 g/mol. The van der Waals surface area contributed by atoms with Gasteiger partial charge in [0, 0.05) is 0 Å². The number of carbonyl (C=O) groups is 1. The van der Waals surface area contributed by atoms with Gasteiger partial charge in [-0.1, -0.05) is 32.9 Å². The number of hydrogen-bond acceptors (Lipinski definition) is 2. The summed E-state index contributed by atoms with van der Waals surface area (Å²) < 4.78 is 0. The molecule has 0 bridgehead atoms. The number of carboxylic acid groups (broad SMARTS) is 1. The summed E-state index contributed by atoms with van der Waals surface area (Å²) in [5.41, 5.74) is -1.24. The summed E-state index contributed by atoms with van der Waals surface area (Å²) in [6.45, 7) is 7.83. The maximum absolute atomic E-state index is 10.5. The summed E-state index contributed by atoms with van der Waals surface area (Å²) in [5.74, 6) is -0.0839. The molecular formula is C12H22O3. The Hall–Kier alpha value is -0.830. The molecule has 0 amide bonds. The van der Waals surface area contributed by atoms with Crippen LogP contribution in [0.2, 0.25) is 0 Å². The molecule has 3 heteroatoms. The quantitative estimate of drug-likeness (QED) is 0.668. The number of carboxylic acids is 1. The third-order valence-corrected chi connectivity index (χ3v) is 2.54. The Morgan fingerprint density at radius 1 is 1.47 bits per heavy atom. The first-order valence-electron chi connectivity index (χ1n) is 5.42. The molecule has 0 spiro atoms. The molecule has 0 saturated heterocycles. The van der Waals surface area contributed by atoms with Gasteiger partial charge in [0.2, 0.25) is 0 Å². The van der Waals surface area contributed by atoms with Crippen LogP contribution < -0.4 is 0 Å². The van der Waals surface area contributed by atoms with Crippen LogP contribution in [-0.4, -0.2) is 21.8 Å². The smallest absolute Gasteiger partial charge is 0.306 e. The first-order valence-corrected chi connectivity index (χ1v) is 5.42. The molecular weight excluding hydrogens is 192 g/mol. The molecule has 0 aromatic heterocycles. The maximum atomic E-state index is 10.5. The standard InChI is InChI=1S/C12H22O3/c1-5-10(9(2)3)6-7-12(4,15)8-11(13)14/h6-7,9-10,15H,5,8H2,1-4H3,(H,13,14)/b7-6+/t10-,12+/m0/s1. The van der Waals surface area contributed by atoms with Crippen molar-refractivity contribution in [3.63, 3.8) is 0 Å². The highest BCUT2D eigenvalue weighted by Gasteiger charge is 2.21. The summed E-state index contributed by atoms with van der Waals surface area (Å²) in [5, 5.41) is 18.3. The second kappa shape index (κ2) is 5.91. The molecule has 0 rings (SSSR count). The Kier molecular flexibility index (Phi) is 5.58. The lowest BCUT2D eigenvalue weighted by Crippen LogP contribution is -2.25. The second-order valence-electron chi connectivity index (χ2n) is 4.60. The minimum Gasteiger partial charge on any atom is -0.481 e. The van der Waals surface area contributed by atoms with Gasteiger partial charge in [0.05, 0.1) is 12.0 Å². The molecule has 0 aliphatic heterocycles. The Bertz CT molecular complexity index is 229. The van der Waals surface area contributed by atoms with E-state index in [4.69, 9.17) is 5.11 Å². The molecule has 2 atom stereocenters. The topological polar surface area (TPSA) is 57.5 Å². The molecule has 15 heavy (non-hydrogen) atoms. The van der Waals surface area contributed by atoms with Crippen LogP contribution in [0.25, 0.3) is 0 Å². The first kappa shape index (κ1) is 14.2. The zero-order valence-electron chi connectivity index (χ0n) is 10.0. The first-order chi connectivity index (χ1) is 6.78. The van der Waals surface area contributed by atoms with Gasteiger partial charge in [0.25, 0.3) is 0 Å². The van der Waals surface area contributed by atoms with Crippen LogP contribution in [0, 0.1) is 11.8 Å². The zero-order chi connectivity index (χ0) is 12.1. The molecule has 0 radical (unpaired) electrons. The molecule has 0 fully saturated rings. The monoisotopic (exact) mass is 214 g/mol. The predicted octanol–water partition coefficient (Wildman–Crippen LogP) is 2.45. The Labute approximate surface area is 91.8 Å². The van der Waals surface area contributed by atoms with Crippen LogP contribution in [-0.2, 0) is 4.79 Å². The van der Waals surface area contributed by atoms with Crippen LogP contribution >= 0.6 is 0 Å². The van der Waals surface area contributed by atoms with Crippen molar-refractivity contribution in [1.82, 2.24) is 0 Å². The van der Waals surface area contributed by atoms with Crippen LogP contribution in [0.3, 0.4) is 0 Å². The van der Waals surface area contributed by atoms with Crippen molar-refractivity contribution in [1.29, 1.82) is 0 Å². The van der Waals surface area contributed by atoms with Gasteiger partial charge >= 0.3 is 5.97 Å². The van der Waals surface area contributed by atoms with Gasteiger partial charge in [-0.3, -0.25) is 4.79 Å². The fraction of sp³-hybridized carbons (Fsp3) is 0.750. The number of allylic oxidation sites excluding steroid dienone is 1. The minimum absolute atomic E-state index is 0.252. The van der Waals surface area contributed by atoms with Crippen molar-refractivity contribution in [3.05, 3.63) is 12.2 Å². The summed E-state index contributed by atoms with van der Waals surface area (Å²) in [6, 6.07) is 0. The lowest BCUT2D eigenvalue weighted by Gasteiger charge is -2.19. The zero-order valence-corrected chi connectivity index (χ0v) is 10.0. The van der Waals surface area contributed by atoms with Crippen molar-refractivity contribution < 1.29 is 15.0 Å². The largest absolute Gasteiger partial charge is 0.481 e. The Morgan fingerprint density at radius 2 is 2.00 bits per heavy atom. The van der Waals surface area contributed by atoms with Crippen LogP contribution in [0.4, 0.5) is 0 Å². The molecule has 0 aromatic rings. The predicted molar refractivity (Wildman–Crippen MR) is 60.6 cm³/mol. The van der Waals surface area contributed by atoms with E-state index < -0.39 is 11.6 Å². The van der Waals surface area contributed by atoms with Crippen molar-refractivity contribution in [2.24, 2.45) is 11.8 Å². The van der Waals surface area contributed by atoms with E-state index in [1.54, 1.807) is 6.08 Å². The van der Waals surface area contributed by atoms with E-state index in [9.17, 15) is 9.90 Å². The Morgan fingerprint density at radius 3 is 2.33 bits per heavy atom. The van der Waals surface area contributed by atoms with Crippen molar-refractivity contribution in [3.8, 4) is 0 Å². The van der Waals surface area contributed by atoms with Crippen molar-refractivity contribution >= 4 is 5.97 Å². The van der Waals surface area contributed by atoms with Crippen LogP contribution in [0.15, 0.2) is 12.2 Å². The molecule has 0 heterocycles. The normalized spacial score (nSPS) is 18.0. The minimum atomic E-state index is -1.24. The van der Waals surface area contributed by atoms with Gasteiger partial charge in [-0.15, -0.1) is 0 Å². The molecule has 3 nitrogen and oxygen atoms in total. The average Bonchev–Trinajstić information content (AvgIpc) is 2.01. The molecule has 2 N–H and O–H groups in total. The summed E-state index contributed by atoms with van der Waals surface area (Å²) in [6.07, 6.45) is 4.28. The highest BCUT2D eigenvalue weighted by molar-refractivity contribution is 5.68. The number of aliphatic hydroxyl groups is 1.